The van der Waals surface area contributed by atoms with Crippen LogP contribution in [-0.4, -0.2) is 15.8 Å². The molecule has 0 fully saturated rings. The number of aldehydes is 1. The van der Waals surface area contributed by atoms with Crippen molar-refractivity contribution in [3.05, 3.63) is 41.2 Å². The van der Waals surface area contributed by atoms with Crippen LogP contribution in [0.15, 0.2) is 30.5 Å². The molecular formula is C11H9ClN2O2. The second-order valence-corrected chi connectivity index (χ2v) is 3.64. The first-order chi connectivity index (χ1) is 7.70. The van der Waals surface area contributed by atoms with Gasteiger partial charge in [-0.15, -0.1) is 0 Å². The summed E-state index contributed by atoms with van der Waals surface area (Å²) in [4.78, 5) is 14.6. The van der Waals surface area contributed by atoms with Crippen molar-refractivity contribution in [2.75, 3.05) is 0 Å². The van der Waals surface area contributed by atoms with Crippen LogP contribution in [0.25, 0.3) is 0 Å². The summed E-state index contributed by atoms with van der Waals surface area (Å²) in [5.74, 6) is 0.582. The number of ether oxygens (including phenoxy) is 1. The lowest BCUT2D eigenvalue weighted by Gasteiger charge is -2.05. The normalized spacial score (nSPS) is 10.1. The van der Waals surface area contributed by atoms with Crippen LogP contribution in [0, 0.1) is 0 Å². The van der Waals surface area contributed by atoms with E-state index in [1.165, 1.54) is 6.20 Å². The molecule has 82 valence electrons. The summed E-state index contributed by atoms with van der Waals surface area (Å²) in [7, 11) is 1.70. The Balaban J connectivity index is 2.27. The molecule has 0 spiro atoms. The number of hydrogen-bond donors (Lipinski definition) is 0. The van der Waals surface area contributed by atoms with E-state index in [1.54, 1.807) is 35.9 Å². The molecule has 0 saturated heterocycles. The van der Waals surface area contributed by atoms with Crippen molar-refractivity contribution in [3.63, 3.8) is 0 Å². The van der Waals surface area contributed by atoms with E-state index in [1.807, 2.05) is 0 Å². The number of imidazole rings is 1. The highest BCUT2D eigenvalue weighted by atomic mass is 35.5. The largest absolute Gasteiger partial charge is 0.425 e. The molecule has 16 heavy (non-hydrogen) atoms. The third kappa shape index (κ3) is 2.06. The first-order valence-corrected chi connectivity index (χ1v) is 4.99. The van der Waals surface area contributed by atoms with Crippen LogP contribution in [-0.2, 0) is 7.05 Å². The molecule has 0 amide bonds. The average molecular weight is 237 g/mol. The Morgan fingerprint density at radius 2 is 2.31 bits per heavy atom. The van der Waals surface area contributed by atoms with Gasteiger partial charge in [0.15, 0.2) is 6.29 Å². The number of halogens is 1. The Bertz CT molecular complexity index is 522. The highest BCUT2D eigenvalue weighted by molar-refractivity contribution is 6.30. The second kappa shape index (κ2) is 4.37. The number of carbonyl (C=O) groups excluding carboxylic acids is 1. The molecule has 0 radical (unpaired) electrons. The molecule has 0 aliphatic rings. The predicted octanol–water partition coefficient (Wildman–Crippen LogP) is 2.68. The van der Waals surface area contributed by atoms with Crippen LogP contribution in [0.4, 0.5) is 0 Å². The van der Waals surface area contributed by atoms with E-state index in [-0.39, 0.29) is 0 Å². The standard InChI is InChI=1S/C11H9ClN2O2/c1-14-9(7-15)6-13-11(14)16-10-4-2-3-8(12)5-10/h2-7H,1H3. The molecule has 0 atom stereocenters. The quantitative estimate of drug-likeness (QED) is 0.770. The van der Waals surface area contributed by atoms with E-state index in [2.05, 4.69) is 4.98 Å². The van der Waals surface area contributed by atoms with Gasteiger partial charge < -0.3 is 4.74 Å². The van der Waals surface area contributed by atoms with Gasteiger partial charge >= 0.3 is 6.01 Å². The third-order valence-electron chi connectivity index (χ3n) is 2.11. The van der Waals surface area contributed by atoms with E-state index in [0.29, 0.717) is 22.5 Å². The van der Waals surface area contributed by atoms with Crippen LogP contribution in [0.1, 0.15) is 10.5 Å². The Morgan fingerprint density at radius 1 is 1.50 bits per heavy atom. The minimum absolute atomic E-state index is 0.351. The predicted molar refractivity (Wildman–Crippen MR) is 60.1 cm³/mol. The number of benzene rings is 1. The molecule has 0 unspecified atom stereocenters. The summed E-state index contributed by atoms with van der Waals surface area (Å²) in [6, 6.07) is 7.33. The summed E-state index contributed by atoms with van der Waals surface area (Å²) in [6.07, 6.45) is 2.17. The second-order valence-electron chi connectivity index (χ2n) is 3.20. The van der Waals surface area contributed by atoms with Crippen molar-refractivity contribution in [1.29, 1.82) is 0 Å². The Hall–Kier alpha value is -1.81. The molecule has 1 aromatic heterocycles. The van der Waals surface area contributed by atoms with Crippen LogP contribution in [0.2, 0.25) is 5.02 Å². The van der Waals surface area contributed by atoms with E-state index >= 15 is 0 Å². The maximum atomic E-state index is 10.6. The number of hydrogen-bond acceptors (Lipinski definition) is 3. The highest BCUT2D eigenvalue weighted by Crippen LogP contribution is 2.22. The molecule has 0 saturated carbocycles. The maximum absolute atomic E-state index is 10.6. The zero-order valence-corrected chi connectivity index (χ0v) is 9.31. The number of carbonyl (C=O) groups is 1. The van der Waals surface area contributed by atoms with Crippen molar-refractivity contribution >= 4 is 17.9 Å². The molecule has 2 rings (SSSR count). The molecule has 0 N–H and O–H groups in total. The Morgan fingerprint density at radius 3 is 2.94 bits per heavy atom. The van der Waals surface area contributed by atoms with Gasteiger partial charge in [0.1, 0.15) is 11.4 Å². The molecule has 0 aliphatic heterocycles. The number of aromatic nitrogens is 2. The van der Waals surface area contributed by atoms with Gasteiger partial charge in [-0.2, -0.15) is 0 Å². The fourth-order valence-electron chi connectivity index (χ4n) is 1.25. The smallest absolute Gasteiger partial charge is 0.302 e. The molecule has 5 heteroatoms. The van der Waals surface area contributed by atoms with E-state index < -0.39 is 0 Å². The highest BCUT2D eigenvalue weighted by Gasteiger charge is 2.07. The van der Waals surface area contributed by atoms with E-state index in [9.17, 15) is 4.79 Å². The first-order valence-electron chi connectivity index (χ1n) is 4.61. The van der Waals surface area contributed by atoms with Crippen LogP contribution in [0.5, 0.6) is 11.8 Å². The lowest BCUT2D eigenvalue weighted by atomic mass is 10.3. The first kappa shape index (κ1) is 10.7. The Kier molecular flexibility index (Phi) is 2.92. The molecule has 4 nitrogen and oxygen atoms in total. The minimum Gasteiger partial charge on any atom is -0.425 e. The van der Waals surface area contributed by atoms with Gasteiger partial charge in [0.25, 0.3) is 0 Å². The summed E-state index contributed by atoms with van der Waals surface area (Å²) < 4.78 is 7.04. The summed E-state index contributed by atoms with van der Waals surface area (Å²) >= 11 is 5.82. The van der Waals surface area contributed by atoms with Crippen molar-refractivity contribution in [1.82, 2.24) is 9.55 Å². The lowest BCUT2D eigenvalue weighted by molar-refractivity contribution is 0.111. The molecule has 0 aliphatic carbocycles. The van der Waals surface area contributed by atoms with Gasteiger partial charge in [0.05, 0.1) is 6.20 Å². The van der Waals surface area contributed by atoms with Crippen LogP contribution in [0.3, 0.4) is 0 Å². The topological polar surface area (TPSA) is 44.1 Å². The Labute approximate surface area is 97.4 Å². The fraction of sp³-hybridized carbons (Fsp3) is 0.0909. The molecule has 2 aromatic rings. The number of rotatable bonds is 3. The number of nitrogens with zero attached hydrogens (tertiary/aromatic N) is 2. The zero-order valence-electron chi connectivity index (χ0n) is 8.55. The fourth-order valence-corrected chi connectivity index (χ4v) is 1.43. The van der Waals surface area contributed by atoms with Crippen LogP contribution >= 0.6 is 11.6 Å². The molecule has 0 bridgehead atoms. The lowest BCUT2D eigenvalue weighted by Crippen LogP contribution is -1.97. The van der Waals surface area contributed by atoms with E-state index in [0.717, 1.165) is 6.29 Å². The van der Waals surface area contributed by atoms with Gasteiger partial charge in [-0.25, -0.2) is 4.98 Å². The van der Waals surface area contributed by atoms with Crippen LogP contribution < -0.4 is 4.74 Å². The third-order valence-corrected chi connectivity index (χ3v) is 2.34. The molecular weight excluding hydrogens is 228 g/mol. The monoisotopic (exact) mass is 236 g/mol. The van der Waals surface area contributed by atoms with Gasteiger partial charge in [-0.3, -0.25) is 9.36 Å². The van der Waals surface area contributed by atoms with Gasteiger partial charge in [-0.05, 0) is 18.2 Å². The molecule has 1 aromatic carbocycles. The van der Waals surface area contributed by atoms with Gasteiger partial charge in [0, 0.05) is 12.1 Å². The van der Waals surface area contributed by atoms with E-state index in [4.69, 9.17) is 16.3 Å². The van der Waals surface area contributed by atoms with Crippen molar-refractivity contribution < 1.29 is 9.53 Å². The van der Waals surface area contributed by atoms with Crippen molar-refractivity contribution in [3.8, 4) is 11.8 Å². The zero-order chi connectivity index (χ0) is 11.5. The summed E-state index contributed by atoms with van der Waals surface area (Å²) in [5, 5.41) is 0.585. The average Bonchev–Trinajstić information content (AvgIpc) is 2.60. The molecule has 1 heterocycles. The minimum atomic E-state index is 0.351. The summed E-state index contributed by atoms with van der Waals surface area (Å²) in [5.41, 5.74) is 0.456. The van der Waals surface area contributed by atoms with Gasteiger partial charge in [0.2, 0.25) is 0 Å². The summed E-state index contributed by atoms with van der Waals surface area (Å²) in [6.45, 7) is 0. The van der Waals surface area contributed by atoms with Gasteiger partial charge in [-0.1, -0.05) is 17.7 Å². The van der Waals surface area contributed by atoms with Crippen molar-refractivity contribution in [2.45, 2.75) is 0 Å². The SMILES string of the molecule is Cn1c(C=O)cnc1Oc1cccc(Cl)c1. The van der Waals surface area contributed by atoms with Crippen molar-refractivity contribution in [2.24, 2.45) is 7.05 Å². The maximum Gasteiger partial charge on any atom is 0.302 e.